The Kier molecular flexibility index (Phi) is 5.01. The van der Waals surface area contributed by atoms with Crippen molar-refractivity contribution >= 4 is 51.8 Å². The lowest BCUT2D eigenvalue weighted by molar-refractivity contribution is -0.113. The van der Waals surface area contributed by atoms with Gasteiger partial charge in [0.2, 0.25) is 5.91 Å². The van der Waals surface area contributed by atoms with Crippen LogP contribution in [0.15, 0.2) is 53.9 Å². The monoisotopic (exact) mass is 527 g/mol. The summed E-state index contributed by atoms with van der Waals surface area (Å²) in [7, 11) is 3.35. The van der Waals surface area contributed by atoms with Crippen molar-refractivity contribution in [2.75, 3.05) is 43.2 Å². The highest BCUT2D eigenvalue weighted by Crippen LogP contribution is 2.41. The maximum Gasteiger partial charge on any atom is 0.325 e. The molecule has 3 amide bonds. The van der Waals surface area contributed by atoms with E-state index in [1.165, 1.54) is 11.8 Å². The summed E-state index contributed by atoms with van der Waals surface area (Å²) in [5, 5.41) is 13.0. The molecule has 4 aromatic heterocycles. The van der Waals surface area contributed by atoms with Crippen molar-refractivity contribution in [3.63, 3.8) is 0 Å². The Labute approximate surface area is 220 Å². The number of benzene rings is 1. The van der Waals surface area contributed by atoms with Crippen molar-refractivity contribution in [2.45, 2.75) is 4.90 Å². The van der Waals surface area contributed by atoms with Gasteiger partial charge in [0, 0.05) is 49.7 Å². The van der Waals surface area contributed by atoms with Crippen molar-refractivity contribution in [3.05, 3.63) is 49.1 Å². The maximum absolute atomic E-state index is 12.9. The first kappa shape index (κ1) is 22.5. The molecule has 1 fully saturated rings. The van der Waals surface area contributed by atoms with Crippen LogP contribution < -0.4 is 15.0 Å². The number of thioether (sulfide) groups is 1. The number of methoxy groups -OCH3 is 1. The largest absolute Gasteiger partial charge is 0.494 e. The van der Waals surface area contributed by atoms with E-state index in [2.05, 4.69) is 15.4 Å². The molecule has 0 atom stereocenters. The van der Waals surface area contributed by atoms with E-state index < -0.39 is 0 Å². The molecule has 0 saturated carbocycles. The molecule has 12 nitrogen and oxygen atoms in total. The molecular formula is C25H21N9O3S. The van der Waals surface area contributed by atoms with Crippen molar-refractivity contribution in [1.29, 1.82) is 0 Å². The molecule has 13 heteroatoms. The van der Waals surface area contributed by atoms with Crippen LogP contribution in [0.4, 0.5) is 16.3 Å². The Morgan fingerprint density at radius 1 is 1.11 bits per heavy atom. The van der Waals surface area contributed by atoms with Crippen LogP contribution in [0.25, 0.3) is 33.5 Å². The molecule has 2 aliphatic heterocycles. The normalized spacial score (nSPS) is 15.4. The maximum atomic E-state index is 12.9. The minimum Gasteiger partial charge on any atom is -0.494 e. The number of fused-ring (bicyclic) bond motifs is 3. The minimum absolute atomic E-state index is 0.0569. The number of carbonyl (C=O) groups excluding carboxylic acids is 2. The Balaban J connectivity index is 1.47. The van der Waals surface area contributed by atoms with Gasteiger partial charge in [-0.15, -0.1) is 16.9 Å². The van der Waals surface area contributed by atoms with Crippen LogP contribution in [0.2, 0.25) is 0 Å². The van der Waals surface area contributed by atoms with Gasteiger partial charge in [0.1, 0.15) is 11.4 Å². The Bertz CT molecular complexity index is 1780. The van der Waals surface area contributed by atoms with Gasteiger partial charge in [-0.1, -0.05) is 0 Å². The Morgan fingerprint density at radius 2 is 2.00 bits per heavy atom. The molecule has 0 radical (unpaired) electrons. The summed E-state index contributed by atoms with van der Waals surface area (Å²) in [5.41, 5.74) is 4.24. The van der Waals surface area contributed by atoms with Gasteiger partial charge in [-0.3, -0.25) is 14.7 Å². The first-order valence-corrected chi connectivity index (χ1v) is 12.9. The molecule has 0 aliphatic carbocycles. The van der Waals surface area contributed by atoms with Crippen molar-refractivity contribution in [1.82, 2.24) is 34.3 Å². The molecule has 1 aromatic carbocycles. The number of nitrogens with zero attached hydrogens (tertiary/aromatic N) is 8. The fourth-order valence-corrected chi connectivity index (χ4v) is 5.62. The fraction of sp³-hybridized carbons (Fsp3) is 0.200. The number of aromatic nitrogens is 6. The quantitative estimate of drug-likeness (QED) is 0.378. The number of amides is 3. The topological polar surface area (TPSA) is 123 Å². The van der Waals surface area contributed by atoms with Crippen molar-refractivity contribution < 1.29 is 14.3 Å². The molecule has 7 rings (SSSR count). The number of hydrogen-bond acceptors (Lipinski definition) is 8. The van der Waals surface area contributed by atoms with E-state index in [0.29, 0.717) is 53.1 Å². The molecule has 5 aromatic rings. The van der Waals surface area contributed by atoms with Gasteiger partial charge in [0.05, 0.1) is 46.9 Å². The summed E-state index contributed by atoms with van der Waals surface area (Å²) in [5.74, 6) is 1.32. The summed E-state index contributed by atoms with van der Waals surface area (Å²) in [6.45, 7) is 1.12. The average Bonchev–Trinajstić information content (AvgIpc) is 3.63. The first-order chi connectivity index (χ1) is 18.5. The highest BCUT2D eigenvalue weighted by Gasteiger charge is 2.32. The SMILES string of the molecule is COc1cc2c(cc1-n1nc(N3CCN(C)C3=O)c3cnc(-c4cnn5cccnc45)cc31)SCC(=O)N2. The van der Waals surface area contributed by atoms with E-state index in [4.69, 9.17) is 14.8 Å². The lowest BCUT2D eigenvalue weighted by Crippen LogP contribution is -2.29. The Hall–Kier alpha value is -4.65. The van der Waals surface area contributed by atoms with Gasteiger partial charge in [0.25, 0.3) is 0 Å². The predicted molar refractivity (Wildman–Crippen MR) is 142 cm³/mol. The van der Waals surface area contributed by atoms with Crippen LogP contribution in [0, 0.1) is 0 Å². The van der Waals surface area contributed by atoms with Gasteiger partial charge >= 0.3 is 6.03 Å². The smallest absolute Gasteiger partial charge is 0.325 e. The number of carbonyl (C=O) groups is 2. The second-order valence-corrected chi connectivity index (χ2v) is 10.00. The summed E-state index contributed by atoms with van der Waals surface area (Å²) in [4.78, 5) is 38.3. The molecule has 38 heavy (non-hydrogen) atoms. The van der Waals surface area contributed by atoms with E-state index in [0.717, 1.165) is 21.4 Å². The Morgan fingerprint density at radius 3 is 2.82 bits per heavy atom. The van der Waals surface area contributed by atoms with Crippen LogP contribution in [-0.4, -0.2) is 79.2 Å². The van der Waals surface area contributed by atoms with Crippen LogP contribution in [-0.2, 0) is 4.79 Å². The standard InChI is InChI=1S/C25H21N9O3S/c1-31-6-7-32(25(31)36)24-15-11-27-16(14-12-28-33-5-3-4-26-23(14)33)8-18(15)34(30-24)19-10-21-17(9-20(19)37-2)29-22(35)13-38-21/h3-5,8-12H,6-7,13H2,1-2H3,(H,29,35). The van der Waals surface area contributed by atoms with Crippen LogP contribution in [0.1, 0.15) is 0 Å². The minimum atomic E-state index is -0.122. The summed E-state index contributed by atoms with van der Waals surface area (Å²) in [6.07, 6.45) is 7.01. The van der Waals surface area contributed by atoms with Gasteiger partial charge in [0.15, 0.2) is 11.5 Å². The van der Waals surface area contributed by atoms with Gasteiger partial charge in [-0.25, -0.2) is 19.0 Å². The number of hydrogen-bond donors (Lipinski definition) is 1. The molecule has 2 aliphatic rings. The number of urea groups is 1. The highest BCUT2D eigenvalue weighted by molar-refractivity contribution is 8.00. The van der Waals surface area contributed by atoms with Crippen LogP contribution >= 0.6 is 11.8 Å². The van der Waals surface area contributed by atoms with E-state index in [1.807, 2.05) is 24.4 Å². The number of pyridine rings is 1. The average molecular weight is 528 g/mol. The lowest BCUT2D eigenvalue weighted by Gasteiger charge is -2.19. The third-order valence-electron chi connectivity index (χ3n) is 6.72. The van der Waals surface area contributed by atoms with E-state index >= 15 is 0 Å². The zero-order chi connectivity index (χ0) is 26.0. The molecule has 0 unspecified atom stereocenters. The van der Waals surface area contributed by atoms with E-state index in [1.54, 1.807) is 57.8 Å². The fourth-order valence-electron chi connectivity index (χ4n) is 4.80. The van der Waals surface area contributed by atoms with Gasteiger partial charge in [-0.05, 0) is 18.2 Å². The molecular weight excluding hydrogens is 506 g/mol. The third kappa shape index (κ3) is 3.39. The van der Waals surface area contributed by atoms with E-state index in [9.17, 15) is 9.59 Å². The van der Waals surface area contributed by atoms with Crippen molar-refractivity contribution in [3.8, 4) is 22.7 Å². The number of anilines is 2. The number of ether oxygens (including phenoxy) is 1. The molecule has 1 N–H and O–H groups in total. The highest BCUT2D eigenvalue weighted by atomic mass is 32.2. The van der Waals surface area contributed by atoms with Crippen LogP contribution in [0.3, 0.4) is 0 Å². The lowest BCUT2D eigenvalue weighted by atomic mass is 10.2. The molecule has 6 heterocycles. The number of likely N-dealkylation sites (N-methyl/N-ethyl adjacent to an activating group) is 1. The molecule has 190 valence electrons. The third-order valence-corrected chi connectivity index (χ3v) is 7.77. The zero-order valence-electron chi connectivity index (χ0n) is 20.5. The second kappa shape index (κ2) is 8.45. The number of rotatable bonds is 4. The predicted octanol–water partition coefficient (Wildman–Crippen LogP) is 3.05. The molecule has 1 saturated heterocycles. The van der Waals surface area contributed by atoms with Crippen molar-refractivity contribution in [2.24, 2.45) is 0 Å². The summed E-state index contributed by atoms with van der Waals surface area (Å²) >= 11 is 1.45. The summed E-state index contributed by atoms with van der Waals surface area (Å²) < 4.78 is 9.20. The first-order valence-electron chi connectivity index (χ1n) is 11.9. The second-order valence-electron chi connectivity index (χ2n) is 8.98. The van der Waals surface area contributed by atoms with Gasteiger partial charge < -0.3 is 15.0 Å². The van der Waals surface area contributed by atoms with Crippen LogP contribution in [0.5, 0.6) is 5.75 Å². The van der Waals surface area contributed by atoms with Gasteiger partial charge in [-0.2, -0.15) is 5.10 Å². The summed E-state index contributed by atoms with van der Waals surface area (Å²) in [6, 6.07) is 7.37. The number of nitrogens with one attached hydrogen (secondary N) is 1. The molecule has 0 spiro atoms. The zero-order valence-corrected chi connectivity index (χ0v) is 21.3. The molecule has 0 bridgehead atoms. The van der Waals surface area contributed by atoms with E-state index in [-0.39, 0.29) is 11.9 Å².